The van der Waals surface area contributed by atoms with Crippen molar-refractivity contribution in [2.24, 2.45) is 0 Å². The Morgan fingerprint density at radius 1 is 1.53 bits per heavy atom. The highest BCUT2D eigenvalue weighted by Gasteiger charge is 2.19. The van der Waals surface area contributed by atoms with Gasteiger partial charge in [-0.25, -0.2) is 4.79 Å². The van der Waals surface area contributed by atoms with E-state index in [4.69, 9.17) is 5.11 Å². The van der Waals surface area contributed by atoms with Gasteiger partial charge in [-0.15, -0.1) is 0 Å². The minimum Gasteiger partial charge on any atom is -0.480 e. The molecule has 0 aromatic carbocycles. The molecule has 0 bridgehead atoms. The van der Waals surface area contributed by atoms with Crippen molar-refractivity contribution in [3.05, 3.63) is 0 Å². The van der Waals surface area contributed by atoms with E-state index in [9.17, 15) is 14.4 Å². The SMILES string of the molecule is O=C(O)CNC(=O)NC1CCC(=O)NC1. The van der Waals surface area contributed by atoms with Crippen LogP contribution in [0.2, 0.25) is 0 Å². The van der Waals surface area contributed by atoms with Crippen molar-refractivity contribution in [1.82, 2.24) is 16.0 Å². The second-order valence-corrected chi connectivity index (χ2v) is 3.26. The van der Waals surface area contributed by atoms with Crippen molar-refractivity contribution in [1.29, 1.82) is 0 Å². The van der Waals surface area contributed by atoms with E-state index in [1.165, 1.54) is 0 Å². The fourth-order valence-electron chi connectivity index (χ4n) is 1.25. The van der Waals surface area contributed by atoms with Crippen LogP contribution in [0.4, 0.5) is 4.79 Å². The zero-order chi connectivity index (χ0) is 11.3. The molecule has 1 rings (SSSR count). The highest BCUT2D eigenvalue weighted by molar-refractivity contribution is 5.80. The number of piperidine rings is 1. The molecule has 0 aromatic rings. The van der Waals surface area contributed by atoms with E-state index in [1.54, 1.807) is 0 Å². The predicted molar refractivity (Wildman–Crippen MR) is 50.2 cm³/mol. The number of carbonyl (C=O) groups excluding carboxylic acids is 2. The van der Waals surface area contributed by atoms with Gasteiger partial charge >= 0.3 is 12.0 Å². The lowest BCUT2D eigenvalue weighted by Crippen LogP contribution is -2.51. The lowest BCUT2D eigenvalue weighted by atomic mass is 10.1. The largest absolute Gasteiger partial charge is 0.480 e. The molecule has 0 saturated carbocycles. The number of aliphatic carboxylic acids is 1. The minimum absolute atomic E-state index is 0.0287. The number of hydrogen-bond acceptors (Lipinski definition) is 3. The Kier molecular flexibility index (Phi) is 3.90. The summed E-state index contributed by atoms with van der Waals surface area (Å²) in [6, 6.07) is -0.657. The van der Waals surface area contributed by atoms with Gasteiger partial charge in [0.15, 0.2) is 0 Å². The Balaban J connectivity index is 2.20. The molecular weight excluding hydrogens is 202 g/mol. The molecule has 84 valence electrons. The van der Waals surface area contributed by atoms with Gasteiger partial charge in [-0.1, -0.05) is 0 Å². The first kappa shape index (κ1) is 11.3. The summed E-state index contributed by atoms with van der Waals surface area (Å²) >= 11 is 0. The topological polar surface area (TPSA) is 108 Å². The van der Waals surface area contributed by atoms with E-state index >= 15 is 0 Å². The molecule has 1 unspecified atom stereocenters. The smallest absolute Gasteiger partial charge is 0.323 e. The van der Waals surface area contributed by atoms with Crippen LogP contribution in [0, 0.1) is 0 Å². The number of rotatable bonds is 3. The number of amides is 3. The van der Waals surface area contributed by atoms with Crippen LogP contribution in [0.1, 0.15) is 12.8 Å². The highest BCUT2D eigenvalue weighted by Crippen LogP contribution is 2.01. The van der Waals surface area contributed by atoms with Gasteiger partial charge in [-0.2, -0.15) is 0 Å². The Bertz CT molecular complexity index is 269. The molecule has 0 radical (unpaired) electrons. The molecule has 1 atom stereocenters. The van der Waals surface area contributed by atoms with E-state index in [2.05, 4.69) is 16.0 Å². The average molecular weight is 215 g/mol. The third-order valence-corrected chi connectivity index (χ3v) is 2.00. The molecule has 1 aliphatic rings. The van der Waals surface area contributed by atoms with Gasteiger partial charge in [0, 0.05) is 19.0 Å². The fourth-order valence-corrected chi connectivity index (χ4v) is 1.25. The molecular formula is C8H13N3O4. The Hall–Kier alpha value is -1.79. The molecule has 0 aromatic heterocycles. The van der Waals surface area contributed by atoms with E-state index in [-0.39, 0.29) is 11.9 Å². The zero-order valence-electron chi connectivity index (χ0n) is 8.08. The van der Waals surface area contributed by atoms with Crippen molar-refractivity contribution in [3.63, 3.8) is 0 Å². The third-order valence-electron chi connectivity index (χ3n) is 2.00. The maximum absolute atomic E-state index is 11.1. The summed E-state index contributed by atoms with van der Waals surface area (Å²) in [7, 11) is 0. The number of carboxylic acid groups (broad SMARTS) is 1. The molecule has 0 aliphatic carbocycles. The average Bonchev–Trinajstić information content (AvgIpc) is 2.19. The van der Waals surface area contributed by atoms with Crippen LogP contribution in [0.15, 0.2) is 0 Å². The Morgan fingerprint density at radius 2 is 2.27 bits per heavy atom. The van der Waals surface area contributed by atoms with Crippen molar-refractivity contribution >= 4 is 17.9 Å². The standard InChI is InChI=1S/C8H13N3O4/c12-6-2-1-5(3-9-6)11-8(15)10-4-7(13)14/h5H,1-4H2,(H,9,12)(H,13,14)(H2,10,11,15). The van der Waals surface area contributed by atoms with Gasteiger partial charge in [0.2, 0.25) is 5.91 Å². The third kappa shape index (κ3) is 4.30. The molecule has 1 saturated heterocycles. The van der Waals surface area contributed by atoms with Crippen LogP contribution >= 0.6 is 0 Å². The van der Waals surface area contributed by atoms with E-state index in [0.29, 0.717) is 19.4 Å². The highest BCUT2D eigenvalue weighted by atomic mass is 16.4. The van der Waals surface area contributed by atoms with E-state index in [1.807, 2.05) is 0 Å². The van der Waals surface area contributed by atoms with Crippen LogP contribution in [0.3, 0.4) is 0 Å². The van der Waals surface area contributed by atoms with Crippen molar-refractivity contribution < 1.29 is 19.5 Å². The summed E-state index contributed by atoms with van der Waals surface area (Å²) < 4.78 is 0. The molecule has 0 spiro atoms. The van der Waals surface area contributed by atoms with Crippen molar-refractivity contribution in [2.45, 2.75) is 18.9 Å². The molecule has 1 fully saturated rings. The zero-order valence-corrected chi connectivity index (χ0v) is 8.08. The van der Waals surface area contributed by atoms with Gasteiger partial charge in [-0.3, -0.25) is 9.59 Å². The fraction of sp³-hybridized carbons (Fsp3) is 0.625. The van der Waals surface area contributed by atoms with E-state index in [0.717, 1.165) is 0 Å². The van der Waals surface area contributed by atoms with Crippen molar-refractivity contribution in [2.75, 3.05) is 13.1 Å². The second-order valence-electron chi connectivity index (χ2n) is 3.26. The second kappa shape index (κ2) is 5.18. The quantitative estimate of drug-likeness (QED) is 0.466. The maximum atomic E-state index is 11.1. The lowest BCUT2D eigenvalue weighted by Gasteiger charge is -2.23. The van der Waals surface area contributed by atoms with Crippen LogP contribution in [-0.4, -0.2) is 42.1 Å². The van der Waals surface area contributed by atoms with Crippen LogP contribution in [0.25, 0.3) is 0 Å². The molecule has 1 heterocycles. The molecule has 1 aliphatic heterocycles. The summed E-state index contributed by atoms with van der Waals surface area (Å²) in [6.45, 7) is -0.0236. The Morgan fingerprint density at radius 3 is 2.80 bits per heavy atom. The predicted octanol–water partition coefficient (Wildman–Crippen LogP) is -1.35. The number of carbonyl (C=O) groups is 3. The first-order valence-electron chi connectivity index (χ1n) is 4.61. The van der Waals surface area contributed by atoms with Gasteiger partial charge < -0.3 is 21.1 Å². The number of nitrogens with one attached hydrogen (secondary N) is 3. The lowest BCUT2D eigenvalue weighted by molar-refractivity contribution is -0.135. The van der Waals surface area contributed by atoms with Crippen LogP contribution in [-0.2, 0) is 9.59 Å². The minimum atomic E-state index is -1.10. The van der Waals surface area contributed by atoms with Crippen LogP contribution in [0.5, 0.6) is 0 Å². The van der Waals surface area contributed by atoms with Crippen molar-refractivity contribution in [3.8, 4) is 0 Å². The first-order chi connectivity index (χ1) is 7.08. The molecule has 7 nitrogen and oxygen atoms in total. The maximum Gasteiger partial charge on any atom is 0.323 e. The molecule has 7 heteroatoms. The number of hydrogen-bond donors (Lipinski definition) is 4. The normalized spacial score (nSPS) is 20.3. The van der Waals surface area contributed by atoms with Gasteiger partial charge in [0.05, 0.1) is 0 Å². The van der Waals surface area contributed by atoms with Gasteiger partial charge in [0.25, 0.3) is 0 Å². The Labute approximate surface area is 86.2 Å². The monoisotopic (exact) mass is 215 g/mol. The molecule has 4 N–H and O–H groups in total. The number of carboxylic acids is 1. The summed E-state index contributed by atoms with van der Waals surface area (Å²) in [4.78, 5) is 32.0. The first-order valence-corrected chi connectivity index (χ1v) is 4.61. The molecule has 3 amide bonds. The number of urea groups is 1. The van der Waals surface area contributed by atoms with Gasteiger partial charge in [-0.05, 0) is 6.42 Å². The summed E-state index contributed by atoms with van der Waals surface area (Å²) in [5.41, 5.74) is 0. The van der Waals surface area contributed by atoms with Gasteiger partial charge in [0.1, 0.15) is 6.54 Å². The van der Waals surface area contributed by atoms with E-state index < -0.39 is 18.5 Å². The summed E-state index contributed by atoms with van der Waals surface area (Å²) in [5.74, 6) is -1.12. The molecule has 15 heavy (non-hydrogen) atoms. The van der Waals surface area contributed by atoms with Crippen LogP contribution < -0.4 is 16.0 Å². The summed E-state index contributed by atoms with van der Waals surface area (Å²) in [6.07, 6.45) is 0.955. The summed E-state index contributed by atoms with van der Waals surface area (Å²) in [5, 5.41) is 15.7.